The minimum atomic E-state index is -0.649. The minimum Gasteiger partial charge on any atom is -0.448 e. The van der Waals surface area contributed by atoms with Crippen molar-refractivity contribution in [1.29, 1.82) is 0 Å². The van der Waals surface area contributed by atoms with Crippen molar-refractivity contribution in [1.82, 2.24) is 4.90 Å². The Bertz CT molecular complexity index is 803. The van der Waals surface area contributed by atoms with Crippen molar-refractivity contribution < 1.29 is 14.6 Å². The third-order valence-electron chi connectivity index (χ3n) is 6.01. The average Bonchev–Trinajstić information content (AvgIpc) is 3.22. The molecule has 2 aromatic rings. The molecule has 1 N–H and O–H groups in total. The molecule has 2 atom stereocenters. The smallest absolute Gasteiger partial charge is 0.409 e. The molecular formula is C21H21NO3. The predicted molar refractivity (Wildman–Crippen MR) is 94.3 cm³/mol. The zero-order valence-electron chi connectivity index (χ0n) is 14.0. The van der Waals surface area contributed by atoms with Crippen LogP contribution in [-0.2, 0) is 4.74 Å². The van der Waals surface area contributed by atoms with E-state index in [1.54, 1.807) is 4.90 Å². The lowest BCUT2D eigenvalue weighted by molar-refractivity contribution is 0.0356. The molecule has 128 valence electrons. The van der Waals surface area contributed by atoms with Gasteiger partial charge in [0.15, 0.2) is 0 Å². The molecule has 0 aromatic heterocycles. The maximum absolute atomic E-state index is 12.5. The highest BCUT2D eigenvalue weighted by molar-refractivity contribution is 5.79. The van der Waals surface area contributed by atoms with E-state index in [1.165, 1.54) is 22.3 Å². The van der Waals surface area contributed by atoms with Crippen LogP contribution in [0.2, 0.25) is 0 Å². The minimum absolute atomic E-state index is 0.0814. The van der Waals surface area contributed by atoms with Gasteiger partial charge in [-0.2, -0.15) is 0 Å². The number of β-amino-alcohol motifs (C(OH)–C–C–N with tert-alkyl or cyclic N) is 1. The van der Waals surface area contributed by atoms with Crippen LogP contribution >= 0.6 is 0 Å². The fourth-order valence-electron chi connectivity index (χ4n) is 4.49. The maximum Gasteiger partial charge on any atom is 0.409 e. The monoisotopic (exact) mass is 335 g/mol. The summed E-state index contributed by atoms with van der Waals surface area (Å²) in [6.45, 7) is 1.43. The van der Waals surface area contributed by atoms with Crippen LogP contribution in [0.3, 0.4) is 0 Å². The number of hydrogen-bond donors (Lipinski definition) is 1. The van der Waals surface area contributed by atoms with E-state index in [0.29, 0.717) is 25.6 Å². The van der Waals surface area contributed by atoms with Gasteiger partial charge in [-0.1, -0.05) is 48.5 Å². The molecule has 1 aliphatic heterocycles. The summed E-state index contributed by atoms with van der Waals surface area (Å²) in [6.07, 6.45) is 1.39. The summed E-state index contributed by atoms with van der Waals surface area (Å²) in [5.74, 6) is 0.461. The van der Waals surface area contributed by atoms with Crippen molar-refractivity contribution in [2.75, 3.05) is 19.7 Å². The van der Waals surface area contributed by atoms with Crippen LogP contribution in [0, 0.1) is 5.92 Å². The normalized spacial score (nSPS) is 26.6. The van der Waals surface area contributed by atoms with E-state index in [9.17, 15) is 9.90 Å². The van der Waals surface area contributed by atoms with Crippen LogP contribution in [0.25, 0.3) is 11.1 Å². The number of likely N-dealkylation sites (tertiary alicyclic amines) is 1. The largest absolute Gasteiger partial charge is 0.448 e. The molecule has 5 rings (SSSR count). The van der Waals surface area contributed by atoms with Crippen molar-refractivity contribution in [3.05, 3.63) is 59.7 Å². The molecule has 3 aliphatic rings. The second kappa shape index (κ2) is 5.33. The van der Waals surface area contributed by atoms with Gasteiger partial charge < -0.3 is 14.7 Å². The third-order valence-corrected chi connectivity index (χ3v) is 6.01. The third kappa shape index (κ3) is 2.35. The van der Waals surface area contributed by atoms with Crippen molar-refractivity contribution in [3.8, 4) is 11.1 Å². The van der Waals surface area contributed by atoms with Gasteiger partial charge in [0.05, 0.1) is 12.1 Å². The summed E-state index contributed by atoms with van der Waals surface area (Å²) < 4.78 is 5.67. The number of ether oxygens (including phenoxy) is 1. The lowest BCUT2D eigenvalue weighted by atomic mass is 9.98. The van der Waals surface area contributed by atoms with Crippen molar-refractivity contribution in [2.45, 2.75) is 24.4 Å². The Balaban J connectivity index is 1.33. The molecule has 2 aromatic carbocycles. The number of carbonyl (C=O) groups excluding carboxylic acids is 1. The van der Waals surface area contributed by atoms with Gasteiger partial charge >= 0.3 is 6.09 Å². The number of nitrogens with zero attached hydrogens (tertiary/aromatic N) is 1. The fourth-order valence-corrected chi connectivity index (χ4v) is 4.49. The van der Waals surface area contributed by atoms with Gasteiger partial charge in [0.25, 0.3) is 0 Å². The lowest BCUT2D eigenvalue weighted by Gasteiger charge is -2.29. The molecule has 25 heavy (non-hydrogen) atoms. The highest BCUT2D eigenvalue weighted by Crippen LogP contribution is 2.49. The van der Waals surface area contributed by atoms with Crippen molar-refractivity contribution in [3.63, 3.8) is 0 Å². The molecule has 1 heterocycles. The molecule has 0 spiro atoms. The van der Waals surface area contributed by atoms with E-state index in [4.69, 9.17) is 4.74 Å². The maximum atomic E-state index is 12.5. The summed E-state index contributed by atoms with van der Waals surface area (Å²) in [7, 11) is 0. The van der Waals surface area contributed by atoms with Gasteiger partial charge in [0.2, 0.25) is 0 Å². The molecule has 0 radical (unpaired) electrons. The molecule has 2 fully saturated rings. The Morgan fingerprint density at radius 3 is 2.40 bits per heavy atom. The number of carbonyl (C=O) groups is 1. The van der Waals surface area contributed by atoms with Crippen LogP contribution in [0.15, 0.2) is 48.5 Å². The molecule has 0 bridgehead atoms. The van der Waals surface area contributed by atoms with Crippen LogP contribution in [0.4, 0.5) is 4.79 Å². The number of aliphatic hydroxyl groups is 1. The first-order valence-corrected chi connectivity index (χ1v) is 8.98. The molecule has 1 saturated carbocycles. The number of piperidine rings is 1. The van der Waals surface area contributed by atoms with E-state index in [-0.39, 0.29) is 12.0 Å². The number of amides is 1. The van der Waals surface area contributed by atoms with E-state index < -0.39 is 5.60 Å². The molecule has 2 aliphatic carbocycles. The van der Waals surface area contributed by atoms with E-state index in [1.807, 2.05) is 24.3 Å². The Morgan fingerprint density at radius 1 is 1.12 bits per heavy atom. The first-order valence-electron chi connectivity index (χ1n) is 8.98. The van der Waals surface area contributed by atoms with Crippen LogP contribution in [0.5, 0.6) is 0 Å². The van der Waals surface area contributed by atoms with Gasteiger partial charge in [0, 0.05) is 12.5 Å². The Hall–Kier alpha value is -2.33. The number of hydrogen-bond acceptors (Lipinski definition) is 3. The molecule has 4 nitrogen and oxygen atoms in total. The number of benzene rings is 2. The van der Waals surface area contributed by atoms with Crippen LogP contribution < -0.4 is 0 Å². The summed E-state index contributed by atoms with van der Waals surface area (Å²) in [5.41, 5.74) is 4.25. The second-order valence-electron chi connectivity index (χ2n) is 7.52. The van der Waals surface area contributed by atoms with Gasteiger partial charge in [-0.25, -0.2) is 4.79 Å². The second-order valence-corrected chi connectivity index (χ2v) is 7.52. The Morgan fingerprint density at radius 2 is 1.76 bits per heavy atom. The zero-order chi connectivity index (χ0) is 17.0. The summed E-state index contributed by atoms with van der Waals surface area (Å²) in [4.78, 5) is 14.1. The lowest BCUT2D eigenvalue weighted by Crippen LogP contribution is -2.44. The van der Waals surface area contributed by atoms with E-state index >= 15 is 0 Å². The van der Waals surface area contributed by atoms with E-state index in [0.717, 1.165) is 12.8 Å². The molecule has 1 saturated heterocycles. The summed E-state index contributed by atoms with van der Waals surface area (Å²) >= 11 is 0. The fraction of sp³-hybridized carbons (Fsp3) is 0.381. The summed E-state index contributed by atoms with van der Waals surface area (Å²) in [6, 6.07) is 16.7. The summed E-state index contributed by atoms with van der Waals surface area (Å²) in [5, 5.41) is 10.3. The zero-order valence-corrected chi connectivity index (χ0v) is 14.0. The molecular weight excluding hydrogens is 314 g/mol. The molecule has 0 unspecified atom stereocenters. The molecule has 4 heteroatoms. The van der Waals surface area contributed by atoms with Gasteiger partial charge in [-0.15, -0.1) is 0 Å². The number of rotatable bonds is 2. The van der Waals surface area contributed by atoms with E-state index in [2.05, 4.69) is 24.3 Å². The number of fused-ring (bicyclic) bond motifs is 4. The topological polar surface area (TPSA) is 49.8 Å². The Labute approximate surface area is 147 Å². The first kappa shape index (κ1) is 15.0. The first-order chi connectivity index (χ1) is 12.2. The quantitative estimate of drug-likeness (QED) is 0.915. The predicted octanol–water partition coefficient (Wildman–Crippen LogP) is 3.39. The van der Waals surface area contributed by atoms with Gasteiger partial charge in [0.1, 0.15) is 6.61 Å². The highest BCUT2D eigenvalue weighted by Gasteiger charge is 2.56. The van der Waals surface area contributed by atoms with Gasteiger partial charge in [-0.05, 0) is 41.0 Å². The van der Waals surface area contributed by atoms with Crippen molar-refractivity contribution in [2.24, 2.45) is 5.92 Å². The Kier molecular flexibility index (Phi) is 3.19. The highest BCUT2D eigenvalue weighted by atomic mass is 16.6. The van der Waals surface area contributed by atoms with Crippen molar-refractivity contribution >= 4 is 6.09 Å². The SMILES string of the molecule is O=C(OCC1c2ccccc2-c2ccccc21)N1CC[C@@H]2C[C@]2(O)C1. The average molecular weight is 335 g/mol. The van der Waals surface area contributed by atoms with Crippen LogP contribution in [0.1, 0.15) is 29.9 Å². The van der Waals surface area contributed by atoms with Gasteiger partial charge in [-0.3, -0.25) is 0 Å². The molecule has 1 amide bonds. The standard InChI is InChI=1S/C21H21NO3/c23-20(22-10-9-14-11-21(14,24)13-22)25-12-19-17-7-3-1-5-15(17)16-6-2-4-8-18(16)19/h1-8,14,19,24H,9-13H2/t14-,21+/m1/s1. The van der Waals surface area contributed by atoms with Crippen LogP contribution in [-0.4, -0.2) is 41.4 Å².